The number of benzene rings is 2. The number of carbonyl (C=O) groups excluding carboxylic acids is 4. The van der Waals surface area contributed by atoms with Crippen LogP contribution in [-0.2, 0) is 35.1 Å². The predicted octanol–water partition coefficient (Wildman–Crippen LogP) is 2.18. The summed E-state index contributed by atoms with van der Waals surface area (Å²) in [5.41, 5.74) is -0.0378. The molecule has 2 fully saturated rings. The van der Waals surface area contributed by atoms with E-state index < -0.39 is 66.1 Å². The normalized spacial score (nSPS) is 31.0. The number of nitrogens with one attached hydrogen (secondary N) is 1. The highest BCUT2D eigenvalue weighted by Gasteiger charge is 2.72. The van der Waals surface area contributed by atoms with Gasteiger partial charge in [-0.3, -0.25) is 19.2 Å². The van der Waals surface area contributed by atoms with Crippen molar-refractivity contribution in [3.05, 3.63) is 84.5 Å². The molecule has 46 heavy (non-hydrogen) atoms. The SMILES string of the molecule is COc1ccc(N2CC=C[C@@]34O[C@H]5/C=C\CCC(=O)NC[C@H](C)OC(=O)[C@H]5[C@@H]3C(=O)N([C@@H](CO)Cc3ccccc3)[C@H]4C2=O)cc1. The summed E-state index contributed by atoms with van der Waals surface area (Å²) in [6.07, 6.45) is 6.42. The fourth-order valence-electron chi connectivity index (χ4n) is 7.13. The number of cyclic esters (lactones) is 1. The van der Waals surface area contributed by atoms with Crippen molar-refractivity contribution in [1.82, 2.24) is 10.2 Å². The molecule has 4 heterocycles. The van der Waals surface area contributed by atoms with Gasteiger partial charge in [-0.25, -0.2) is 0 Å². The zero-order valence-corrected chi connectivity index (χ0v) is 25.9. The molecule has 11 heteroatoms. The van der Waals surface area contributed by atoms with Gasteiger partial charge in [-0.2, -0.15) is 0 Å². The maximum atomic E-state index is 14.8. The third-order valence-corrected chi connectivity index (χ3v) is 9.27. The van der Waals surface area contributed by atoms with E-state index in [2.05, 4.69) is 5.32 Å². The van der Waals surface area contributed by atoms with Crippen molar-refractivity contribution in [2.24, 2.45) is 11.8 Å². The second-order valence-electron chi connectivity index (χ2n) is 12.2. The Kier molecular flexibility index (Phi) is 8.97. The lowest BCUT2D eigenvalue weighted by Gasteiger charge is -2.38. The van der Waals surface area contributed by atoms with E-state index >= 15 is 0 Å². The van der Waals surface area contributed by atoms with Crippen LogP contribution in [0.5, 0.6) is 5.75 Å². The van der Waals surface area contributed by atoms with Gasteiger partial charge in [0.05, 0.1) is 38.3 Å². The molecule has 0 unspecified atom stereocenters. The van der Waals surface area contributed by atoms with E-state index in [9.17, 15) is 24.3 Å². The number of aliphatic hydroxyl groups is 1. The van der Waals surface area contributed by atoms with Crippen molar-refractivity contribution in [3.8, 4) is 5.75 Å². The summed E-state index contributed by atoms with van der Waals surface area (Å²) >= 11 is 0. The first-order chi connectivity index (χ1) is 22.3. The largest absolute Gasteiger partial charge is 0.497 e. The topological polar surface area (TPSA) is 135 Å². The van der Waals surface area contributed by atoms with E-state index in [1.807, 2.05) is 30.3 Å². The highest BCUT2D eigenvalue weighted by molar-refractivity contribution is 6.05. The number of methoxy groups -OCH3 is 1. The number of hydrogen-bond acceptors (Lipinski definition) is 8. The summed E-state index contributed by atoms with van der Waals surface area (Å²) < 4.78 is 17.8. The van der Waals surface area contributed by atoms with E-state index in [1.165, 1.54) is 4.90 Å². The molecule has 0 saturated carbocycles. The molecule has 0 radical (unpaired) electrons. The number of nitrogens with zero attached hydrogens (tertiary/aromatic N) is 2. The number of fused-ring (bicyclic) bond motifs is 2. The van der Waals surface area contributed by atoms with Crippen LogP contribution in [0.3, 0.4) is 0 Å². The number of allylic oxidation sites excluding steroid dienone is 1. The number of ether oxygens (including phenoxy) is 3. The molecule has 3 amide bonds. The van der Waals surface area contributed by atoms with Crippen molar-refractivity contribution >= 4 is 29.4 Å². The van der Waals surface area contributed by atoms with Gasteiger partial charge < -0.3 is 34.4 Å². The number of hydrogen-bond donors (Lipinski definition) is 2. The number of carbonyl (C=O) groups is 4. The third kappa shape index (κ3) is 5.69. The van der Waals surface area contributed by atoms with Crippen LogP contribution in [0.25, 0.3) is 0 Å². The lowest BCUT2D eigenvalue weighted by atomic mass is 9.78. The molecule has 0 bridgehead atoms. The number of amides is 3. The minimum atomic E-state index is -1.52. The molecular weight excluding hydrogens is 590 g/mol. The summed E-state index contributed by atoms with van der Waals surface area (Å²) in [7, 11) is 1.56. The molecule has 1 spiro atoms. The molecule has 2 aromatic rings. The fourth-order valence-corrected chi connectivity index (χ4v) is 7.13. The van der Waals surface area contributed by atoms with Crippen LogP contribution in [0.2, 0.25) is 0 Å². The van der Waals surface area contributed by atoms with Crippen molar-refractivity contribution in [3.63, 3.8) is 0 Å². The summed E-state index contributed by atoms with van der Waals surface area (Å²) in [4.78, 5) is 58.7. The summed E-state index contributed by atoms with van der Waals surface area (Å²) in [5, 5.41) is 13.5. The highest BCUT2D eigenvalue weighted by atomic mass is 16.6. The van der Waals surface area contributed by atoms with E-state index in [-0.39, 0.29) is 31.8 Å². The van der Waals surface area contributed by atoms with Gasteiger partial charge in [0.1, 0.15) is 29.4 Å². The van der Waals surface area contributed by atoms with Crippen LogP contribution in [0.1, 0.15) is 25.3 Å². The second-order valence-corrected chi connectivity index (χ2v) is 12.2. The Morgan fingerprint density at radius 1 is 1.04 bits per heavy atom. The first-order valence-electron chi connectivity index (χ1n) is 15.7. The van der Waals surface area contributed by atoms with Gasteiger partial charge in [0.25, 0.3) is 5.91 Å². The highest BCUT2D eigenvalue weighted by Crippen LogP contribution is 2.54. The fraction of sp³-hybridized carbons (Fsp3) is 0.429. The molecule has 4 aliphatic rings. The Hall–Kier alpha value is -4.48. The predicted molar refractivity (Wildman–Crippen MR) is 168 cm³/mol. The molecule has 11 nitrogen and oxygen atoms in total. The van der Waals surface area contributed by atoms with E-state index in [0.29, 0.717) is 17.9 Å². The Morgan fingerprint density at radius 2 is 1.80 bits per heavy atom. The molecular formula is C35H39N3O8. The number of anilines is 1. The van der Waals surface area contributed by atoms with E-state index in [4.69, 9.17) is 14.2 Å². The van der Waals surface area contributed by atoms with Crippen LogP contribution < -0.4 is 15.0 Å². The van der Waals surface area contributed by atoms with Crippen LogP contribution in [0.15, 0.2) is 78.9 Å². The van der Waals surface area contributed by atoms with Crippen molar-refractivity contribution in [1.29, 1.82) is 0 Å². The number of likely N-dealkylation sites (tertiary alicyclic amines) is 1. The molecule has 7 atom stereocenters. The molecule has 4 aliphatic heterocycles. The standard InChI is InChI=1S/C35H39N3O8/c1-22-20-36-28(40)12-7-6-11-27-29(34(43)45-22)30-32(41)38(25(21-39)19-23-9-4-3-5-10-23)31-33(42)37(18-8-17-35(30,31)46-27)24-13-15-26(44-2)16-14-24/h3-6,8-11,13-17,22,25,27,29-31,39H,7,12,18-21H2,1-2H3,(H,36,40)/b11-6-/t22-,25+,27-,29+,30+,31-,35+/m0/s1. The van der Waals surface area contributed by atoms with Crippen LogP contribution in [0.4, 0.5) is 5.69 Å². The van der Waals surface area contributed by atoms with Gasteiger partial charge in [0.15, 0.2) is 0 Å². The zero-order valence-electron chi connectivity index (χ0n) is 25.9. The van der Waals surface area contributed by atoms with Crippen molar-refractivity contribution < 1.29 is 38.5 Å². The number of rotatable bonds is 6. The van der Waals surface area contributed by atoms with Gasteiger partial charge >= 0.3 is 5.97 Å². The Bertz CT molecular complexity index is 1530. The first-order valence-corrected chi connectivity index (χ1v) is 15.7. The molecule has 2 aromatic carbocycles. The quantitative estimate of drug-likeness (QED) is 0.367. The van der Waals surface area contributed by atoms with E-state index in [0.717, 1.165) is 5.56 Å². The minimum absolute atomic E-state index is 0.129. The van der Waals surface area contributed by atoms with E-state index in [1.54, 1.807) is 67.5 Å². The second kappa shape index (κ2) is 13.1. The third-order valence-electron chi connectivity index (χ3n) is 9.27. The molecule has 6 rings (SSSR count). The molecule has 0 aromatic heterocycles. The smallest absolute Gasteiger partial charge is 0.313 e. The Balaban J connectivity index is 1.45. The summed E-state index contributed by atoms with van der Waals surface area (Å²) in [6.45, 7) is 1.60. The minimum Gasteiger partial charge on any atom is -0.497 e. The van der Waals surface area contributed by atoms with Gasteiger partial charge in [-0.05, 0) is 49.6 Å². The summed E-state index contributed by atoms with van der Waals surface area (Å²) in [6, 6.07) is 14.5. The molecule has 2 N–H and O–H groups in total. The molecule has 0 aliphatic carbocycles. The van der Waals surface area contributed by atoms with Crippen molar-refractivity contribution in [2.45, 2.75) is 56.1 Å². The average molecular weight is 630 g/mol. The lowest BCUT2D eigenvalue weighted by molar-refractivity contribution is -0.159. The van der Waals surface area contributed by atoms with Gasteiger partial charge in [-0.15, -0.1) is 0 Å². The Morgan fingerprint density at radius 3 is 2.52 bits per heavy atom. The number of aliphatic hydroxyl groups excluding tert-OH is 1. The van der Waals surface area contributed by atoms with Gasteiger partial charge in [0, 0.05) is 18.7 Å². The molecule has 242 valence electrons. The zero-order chi connectivity index (χ0) is 32.4. The maximum absolute atomic E-state index is 14.8. The van der Waals surface area contributed by atoms with Crippen LogP contribution >= 0.6 is 0 Å². The number of esters is 1. The van der Waals surface area contributed by atoms with Gasteiger partial charge in [0.2, 0.25) is 11.8 Å². The van der Waals surface area contributed by atoms with Crippen LogP contribution in [0, 0.1) is 11.8 Å². The van der Waals surface area contributed by atoms with Crippen molar-refractivity contribution in [2.75, 3.05) is 31.7 Å². The summed E-state index contributed by atoms with van der Waals surface area (Å²) in [5.74, 6) is -3.18. The first kappa shape index (κ1) is 31.5. The van der Waals surface area contributed by atoms with Gasteiger partial charge in [-0.1, -0.05) is 54.6 Å². The van der Waals surface area contributed by atoms with Crippen LogP contribution in [-0.4, -0.2) is 90.4 Å². The molecule has 2 saturated heterocycles. The average Bonchev–Trinajstić information content (AvgIpc) is 3.45. The lowest BCUT2D eigenvalue weighted by Crippen LogP contribution is -2.58. The maximum Gasteiger partial charge on any atom is 0.313 e. The monoisotopic (exact) mass is 629 g/mol. The Labute approximate surface area is 267 Å².